The molecule has 0 spiro atoms. The number of rotatable bonds is 5. The van der Waals surface area contributed by atoms with Crippen LogP contribution < -0.4 is 5.32 Å². The van der Waals surface area contributed by atoms with Crippen LogP contribution in [0.3, 0.4) is 0 Å². The third kappa shape index (κ3) is 3.34. The number of carboxylic acids is 1. The Bertz CT molecular complexity index is 620. The summed E-state index contributed by atoms with van der Waals surface area (Å²) in [5, 5.41) is 11.9. The van der Waals surface area contributed by atoms with Gasteiger partial charge in [-0.15, -0.1) is 0 Å². The van der Waals surface area contributed by atoms with E-state index in [0.29, 0.717) is 18.1 Å². The van der Waals surface area contributed by atoms with E-state index in [1.165, 1.54) is 6.07 Å². The number of aromatic carboxylic acids is 1. The summed E-state index contributed by atoms with van der Waals surface area (Å²) in [6, 6.07) is 4.91. The van der Waals surface area contributed by atoms with E-state index in [9.17, 15) is 4.79 Å². The first-order valence-corrected chi connectivity index (χ1v) is 6.37. The van der Waals surface area contributed by atoms with Crippen LogP contribution in [0.1, 0.15) is 47.6 Å². The molecule has 0 aliphatic rings. The lowest BCUT2D eigenvalue weighted by atomic mass is 10.2. The normalized spacial score (nSPS) is 10.8. The average molecular weight is 275 g/mol. The minimum absolute atomic E-state index is 0.0662. The molecule has 6 nitrogen and oxygen atoms in total. The predicted octanol–water partition coefficient (Wildman–Crippen LogP) is 2.81. The summed E-state index contributed by atoms with van der Waals surface area (Å²) < 4.78 is 5.17. The SMILES string of the molecule is Cc1cc(NCc2ccc(C(=O)O)o2)nc(C(C)C)n1. The number of furan rings is 1. The second-order valence-corrected chi connectivity index (χ2v) is 4.83. The molecule has 2 rings (SSSR count). The fourth-order valence-electron chi connectivity index (χ4n) is 1.71. The van der Waals surface area contributed by atoms with Gasteiger partial charge in [-0.05, 0) is 19.1 Å². The van der Waals surface area contributed by atoms with E-state index in [1.54, 1.807) is 6.07 Å². The van der Waals surface area contributed by atoms with Gasteiger partial charge in [0.25, 0.3) is 0 Å². The van der Waals surface area contributed by atoms with Crippen molar-refractivity contribution in [2.75, 3.05) is 5.32 Å². The summed E-state index contributed by atoms with van der Waals surface area (Å²) in [5.41, 5.74) is 0.886. The Hall–Kier alpha value is -2.37. The van der Waals surface area contributed by atoms with Gasteiger partial charge >= 0.3 is 5.97 Å². The van der Waals surface area contributed by atoms with Gasteiger partial charge in [-0.1, -0.05) is 13.8 Å². The predicted molar refractivity (Wildman–Crippen MR) is 73.9 cm³/mol. The van der Waals surface area contributed by atoms with E-state index in [0.717, 1.165) is 11.5 Å². The van der Waals surface area contributed by atoms with Crippen molar-refractivity contribution < 1.29 is 14.3 Å². The maximum absolute atomic E-state index is 10.7. The number of carboxylic acid groups (broad SMARTS) is 1. The van der Waals surface area contributed by atoms with E-state index < -0.39 is 5.97 Å². The number of nitrogens with zero attached hydrogens (tertiary/aromatic N) is 2. The van der Waals surface area contributed by atoms with Crippen molar-refractivity contribution in [2.45, 2.75) is 33.2 Å². The van der Waals surface area contributed by atoms with Crippen LogP contribution in [0.5, 0.6) is 0 Å². The number of aromatic nitrogens is 2. The van der Waals surface area contributed by atoms with E-state index >= 15 is 0 Å². The Balaban J connectivity index is 2.08. The van der Waals surface area contributed by atoms with Gasteiger partial charge in [0, 0.05) is 17.7 Å². The first kappa shape index (κ1) is 14.0. The van der Waals surface area contributed by atoms with Crippen molar-refractivity contribution in [3.63, 3.8) is 0 Å². The summed E-state index contributed by atoms with van der Waals surface area (Å²) in [4.78, 5) is 19.5. The molecule has 0 aliphatic carbocycles. The van der Waals surface area contributed by atoms with Gasteiger partial charge in [0.05, 0.1) is 6.54 Å². The summed E-state index contributed by atoms with van der Waals surface area (Å²) >= 11 is 0. The molecule has 0 amide bonds. The number of hydrogen-bond donors (Lipinski definition) is 2. The van der Waals surface area contributed by atoms with E-state index in [1.807, 2.05) is 26.8 Å². The summed E-state index contributed by atoms with van der Waals surface area (Å²) in [5.74, 6) is 1.13. The summed E-state index contributed by atoms with van der Waals surface area (Å²) in [6.45, 7) is 6.35. The lowest BCUT2D eigenvalue weighted by Crippen LogP contribution is -2.06. The van der Waals surface area contributed by atoms with Crippen molar-refractivity contribution in [3.8, 4) is 0 Å². The molecular formula is C14H17N3O3. The van der Waals surface area contributed by atoms with Gasteiger partial charge in [0.1, 0.15) is 17.4 Å². The number of aryl methyl sites for hydroxylation is 1. The Morgan fingerprint density at radius 3 is 2.75 bits per heavy atom. The highest BCUT2D eigenvalue weighted by Crippen LogP contribution is 2.15. The largest absolute Gasteiger partial charge is 0.475 e. The van der Waals surface area contributed by atoms with Crippen LogP contribution in [0.2, 0.25) is 0 Å². The highest BCUT2D eigenvalue weighted by Gasteiger charge is 2.10. The third-order valence-corrected chi connectivity index (χ3v) is 2.70. The van der Waals surface area contributed by atoms with Gasteiger partial charge in [-0.3, -0.25) is 0 Å². The fourth-order valence-corrected chi connectivity index (χ4v) is 1.71. The quantitative estimate of drug-likeness (QED) is 0.872. The maximum Gasteiger partial charge on any atom is 0.371 e. The average Bonchev–Trinajstić information content (AvgIpc) is 2.84. The molecule has 106 valence electrons. The standard InChI is InChI=1S/C14H17N3O3/c1-8(2)13-16-9(3)6-12(17-13)15-7-10-4-5-11(20-10)14(18)19/h4-6,8H,7H2,1-3H3,(H,18,19)(H,15,16,17). The molecule has 0 atom stereocenters. The minimum Gasteiger partial charge on any atom is -0.475 e. The van der Waals surface area contributed by atoms with Crippen LogP contribution in [0.4, 0.5) is 5.82 Å². The monoisotopic (exact) mass is 275 g/mol. The van der Waals surface area contributed by atoms with Gasteiger partial charge in [-0.2, -0.15) is 0 Å². The molecule has 0 aliphatic heterocycles. The highest BCUT2D eigenvalue weighted by atomic mass is 16.4. The molecule has 0 aromatic carbocycles. The van der Waals surface area contributed by atoms with E-state index in [4.69, 9.17) is 9.52 Å². The third-order valence-electron chi connectivity index (χ3n) is 2.70. The molecule has 2 N–H and O–H groups in total. The van der Waals surface area contributed by atoms with Crippen LogP contribution in [0.25, 0.3) is 0 Å². The summed E-state index contributed by atoms with van der Waals surface area (Å²) in [7, 11) is 0. The lowest BCUT2D eigenvalue weighted by molar-refractivity contribution is 0.0660. The Labute approximate surface area is 116 Å². The smallest absolute Gasteiger partial charge is 0.371 e. The Morgan fingerprint density at radius 1 is 1.40 bits per heavy atom. The van der Waals surface area contributed by atoms with Gasteiger partial charge in [-0.25, -0.2) is 14.8 Å². The van der Waals surface area contributed by atoms with Crippen LogP contribution in [-0.2, 0) is 6.54 Å². The van der Waals surface area contributed by atoms with Crippen LogP contribution in [0, 0.1) is 6.92 Å². The first-order chi connectivity index (χ1) is 9.45. The molecule has 0 radical (unpaired) electrons. The molecule has 2 aromatic rings. The second kappa shape index (κ2) is 5.73. The number of anilines is 1. The Kier molecular flexibility index (Phi) is 4.02. The first-order valence-electron chi connectivity index (χ1n) is 6.37. The van der Waals surface area contributed by atoms with Crippen LogP contribution >= 0.6 is 0 Å². The molecule has 0 saturated carbocycles. The zero-order chi connectivity index (χ0) is 14.7. The lowest BCUT2D eigenvalue weighted by Gasteiger charge is -2.09. The maximum atomic E-state index is 10.7. The van der Waals surface area contributed by atoms with Gasteiger partial charge in [0.15, 0.2) is 0 Å². The number of nitrogens with one attached hydrogen (secondary N) is 1. The van der Waals surface area contributed by atoms with E-state index in [-0.39, 0.29) is 11.7 Å². The van der Waals surface area contributed by atoms with E-state index in [2.05, 4.69) is 15.3 Å². The second-order valence-electron chi connectivity index (χ2n) is 4.83. The van der Waals surface area contributed by atoms with Crippen LogP contribution in [-0.4, -0.2) is 21.0 Å². The van der Waals surface area contributed by atoms with Crippen molar-refractivity contribution in [1.29, 1.82) is 0 Å². The molecular weight excluding hydrogens is 258 g/mol. The topological polar surface area (TPSA) is 88.2 Å². The van der Waals surface area contributed by atoms with Crippen LogP contribution in [0.15, 0.2) is 22.6 Å². The van der Waals surface area contributed by atoms with Gasteiger partial charge < -0.3 is 14.8 Å². The van der Waals surface area contributed by atoms with Crippen molar-refractivity contribution in [1.82, 2.24) is 9.97 Å². The van der Waals surface area contributed by atoms with Crippen molar-refractivity contribution in [2.24, 2.45) is 0 Å². The van der Waals surface area contributed by atoms with Crippen molar-refractivity contribution >= 4 is 11.8 Å². The van der Waals surface area contributed by atoms with Gasteiger partial charge in [0.2, 0.25) is 5.76 Å². The Morgan fingerprint density at radius 2 is 2.15 bits per heavy atom. The molecule has 0 saturated heterocycles. The molecule has 2 aromatic heterocycles. The molecule has 6 heteroatoms. The highest BCUT2D eigenvalue weighted by molar-refractivity contribution is 5.84. The zero-order valence-electron chi connectivity index (χ0n) is 11.7. The number of hydrogen-bond acceptors (Lipinski definition) is 5. The molecule has 0 bridgehead atoms. The molecule has 0 unspecified atom stereocenters. The minimum atomic E-state index is -1.07. The molecule has 20 heavy (non-hydrogen) atoms. The zero-order valence-corrected chi connectivity index (χ0v) is 11.7. The fraction of sp³-hybridized carbons (Fsp3) is 0.357. The summed E-state index contributed by atoms with van der Waals surface area (Å²) in [6.07, 6.45) is 0. The van der Waals surface area contributed by atoms with Crippen molar-refractivity contribution in [3.05, 3.63) is 41.2 Å². The number of carbonyl (C=O) groups is 1. The molecule has 0 fully saturated rings. The molecule has 2 heterocycles.